The van der Waals surface area contributed by atoms with E-state index in [9.17, 15) is 9.90 Å². The number of hydrogen-bond donors (Lipinski definition) is 1. The Morgan fingerprint density at radius 3 is 1.67 bits per heavy atom. The molecule has 0 aliphatic heterocycles. The molecule has 2 aromatic rings. The van der Waals surface area contributed by atoms with Gasteiger partial charge in [0.05, 0.1) is 41.1 Å². The SMILES string of the molecule is COc1cc(OC)cc(/C(=C\c2cc(OC)c(OC)c(OC)c2)C(=O)O)c1. The molecule has 7 heteroatoms. The van der Waals surface area contributed by atoms with Crippen LogP contribution in [0.3, 0.4) is 0 Å². The number of rotatable bonds is 8. The maximum absolute atomic E-state index is 11.9. The maximum Gasteiger partial charge on any atom is 0.336 e. The van der Waals surface area contributed by atoms with Crippen molar-refractivity contribution >= 4 is 17.6 Å². The van der Waals surface area contributed by atoms with E-state index in [4.69, 9.17) is 23.7 Å². The molecule has 0 radical (unpaired) electrons. The molecule has 0 amide bonds. The monoisotopic (exact) mass is 374 g/mol. The van der Waals surface area contributed by atoms with Gasteiger partial charge in [0.25, 0.3) is 0 Å². The number of hydrogen-bond acceptors (Lipinski definition) is 6. The van der Waals surface area contributed by atoms with Crippen LogP contribution in [-0.2, 0) is 4.79 Å². The molecule has 2 aromatic carbocycles. The summed E-state index contributed by atoms with van der Waals surface area (Å²) in [6, 6.07) is 8.26. The van der Waals surface area contributed by atoms with Gasteiger partial charge in [-0.2, -0.15) is 0 Å². The van der Waals surface area contributed by atoms with Gasteiger partial charge in [0.15, 0.2) is 11.5 Å². The van der Waals surface area contributed by atoms with E-state index < -0.39 is 5.97 Å². The number of ether oxygens (including phenoxy) is 5. The summed E-state index contributed by atoms with van der Waals surface area (Å²) in [6.45, 7) is 0. The molecule has 0 spiro atoms. The summed E-state index contributed by atoms with van der Waals surface area (Å²) >= 11 is 0. The molecule has 0 saturated heterocycles. The first-order chi connectivity index (χ1) is 13.0. The topological polar surface area (TPSA) is 83.5 Å². The van der Waals surface area contributed by atoms with Gasteiger partial charge in [-0.1, -0.05) is 0 Å². The lowest BCUT2D eigenvalue weighted by atomic mass is 10.0. The zero-order valence-electron chi connectivity index (χ0n) is 15.9. The lowest BCUT2D eigenvalue weighted by molar-refractivity contribution is -0.130. The molecule has 0 saturated carbocycles. The second kappa shape index (κ2) is 8.84. The van der Waals surface area contributed by atoms with E-state index in [-0.39, 0.29) is 5.57 Å². The summed E-state index contributed by atoms with van der Waals surface area (Å²) in [4.78, 5) is 11.9. The van der Waals surface area contributed by atoms with Crippen molar-refractivity contribution in [3.63, 3.8) is 0 Å². The average molecular weight is 374 g/mol. The van der Waals surface area contributed by atoms with Crippen molar-refractivity contribution in [3.8, 4) is 28.7 Å². The van der Waals surface area contributed by atoms with Gasteiger partial charge in [-0.3, -0.25) is 0 Å². The van der Waals surface area contributed by atoms with Crippen molar-refractivity contribution < 1.29 is 33.6 Å². The number of aliphatic carboxylic acids is 1. The molecule has 0 fully saturated rings. The molecule has 0 aromatic heterocycles. The first-order valence-corrected chi connectivity index (χ1v) is 7.95. The van der Waals surface area contributed by atoms with Crippen LogP contribution >= 0.6 is 0 Å². The van der Waals surface area contributed by atoms with Crippen LogP contribution in [0.1, 0.15) is 11.1 Å². The van der Waals surface area contributed by atoms with Gasteiger partial charge < -0.3 is 28.8 Å². The van der Waals surface area contributed by atoms with Gasteiger partial charge in [0, 0.05) is 6.07 Å². The quantitative estimate of drug-likeness (QED) is 0.560. The fraction of sp³-hybridized carbons (Fsp3) is 0.250. The van der Waals surface area contributed by atoms with Crippen LogP contribution in [0.4, 0.5) is 0 Å². The normalized spacial score (nSPS) is 10.9. The molecule has 0 heterocycles. The highest BCUT2D eigenvalue weighted by Gasteiger charge is 2.17. The standard InChI is InChI=1S/C20H22O7/c1-23-14-9-13(10-15(11-14)24-2)16(20(21)22)6-12-7-17(25-3)19(27-5)18(8-12)26-4/h6-11H,1-5H3,(H,21,22)/b16-6+. The zero-order chi connectivity index (χ0) is 20.0. The summed E-state index contributed by atoms with van der Waals surface area (Å²) < 4.78 is 26.4. The lowest BCUT2D eigenvalue weighted by Gasteiger charge is -2.13. The van der Waals surface area contributed by atoms with Gasteiger partial charge in [-0.15, -0.1) is 0 Å². The van der Waals surface area contributed by atoms with Crippen LogP contribution in [0.2, 0.25) is 0 Å². The molecule has 0 atom stereocenters. The average Bonchev–Trinajstić information content (AvgIpc) is 2.70. The Balaban J connectivity index is 2.64. The van der Waals surface area contributed by atoms with Gasteiger partial charge in [0.1, 0.15) is 11.5 Å². The van der Waals surface area contributed by atoms with Crippen molar-refractivity contribution in [2.75, 3.05) is 35.5 Å². The number of benzene rings is 2. The summed E-state index contributed by atoms with van der Waals surface area (Å²) in [6.07, 6.45) is 1.51. The molecule has 7 nitrogen and oxygen atoms in total. The van der Waals surface area contributed by atoms with E-state index in [1.807, 2.05) is 0 Å². The van der Waals surface area contributed by atoms with E-state index in [2.05, 4.69) is 0 Å². The van der Waals surface area contributed by atoms with Crippen molar-refractivity contribution in [2.45, 2.75) is 0 Å². The third kappa shape index (κ3) is 4.44. The molecule has 144 valence electrons. The molecule has 0 aliphatic carbocycles. The van der Waals surface area contributed by atoms with Gasteiger partial charge >= 0.3 is 5.97 Å². The number of methoxy groups -OCH3 is 5. The Bertz CT molecular complexity index is 808. The van der Waals surface area contributed by atoms with Crippen molar-refractivity contribution in [3.05, 3.63) is 41.5 Å². The predicted molar refractivity (Wildman–Crippen MR) is 101 cm³/mol. The summed E-state index contributed by atoms with van der Waals surface area (Å²) in [7, 11) is 7.50. The van der Waals surface area contributed by atoms with Crippen LogP contribution in [0.5, 0.6) is 28.7 Å². The number of carboxylic acid groups (broad SMARTS) is 1. The third-order valence-electron chi connectivity index (χ3n) is 3.89. The second-order valence-electron chi connectivity index (χ2n) is 5.42. The van der Waals surface area contributed by atoms with Crippen LogP contribution < -0.4 is 23.7 Å². The molecule has 0 unspecified atom stereocenters. The fourth-order valence-corrected chi connectivity index (χ4v) is 2.58. The first-order valence-electron chi connectivity index (χ1n) is 7.95. The minimum absolute atomic E-state index is 0.0569. The zero-order valence-corrected chi connectivity index (χ0v) is 15.9. The Labute approximate surface area is 157 Å². The first kappa shape index (κ1) is 20.0. The minimum Gasteiger partial charge on any atom is -0.497 e. The Kier molecular flexibility index (Phi) is 6.54. The molecule has 0 aliphatic rings. The molecule has 2 rings (SSSR count). The summed E-state index contributed by atoms with van der Waals surface area (Å²) in [5, 5.41) is 9.73. The van der Waals surface area contributed by atoms with Crippen LogP contribution in [-0.4, -0.2) is 46.6 Å². The molecule has 0 bridgehead atoms. The largest absolute Gasteiger partial charge is 0.497 e. The Hall–Kier alpha value is -3.35. The van der Waals surface area contributed by atoms with E-state index in [1.54, 1.807) is 30.3 Å². The summed E-state index contributed by atoms with van der Waals surface area (Å²) in [5.74, 6) is 1.16. The molecule has 27 heavy (non-hydrogen) atoms. The highest BCUT2D eigenvalue weighted by Crippen LogP contribution is 2.39. The Morgan fingerprint density at radius 2 is 1.30 bits per heavy atom. The summed E-state index contributed by atoms with van der Waals surface area (Å²) in [5.41, 5.74) is 1.07. The van der Waals surface area contributed by atoms with Crippen molar-refractivity contribution in [1.29, 1.82) is 0 Å². The van der Waals surface area contributed by atoms with Crippen molar-refractivity contribution in [2.24, 2.45) is 0 Å². The fourth-order valence-electron chi connectivity index (χ4n) is 2.58. The molecule has 1 N–H and O–H groups in total. The molecular formula is C20H22O7. The predicted octanol–water partition coefficient (Wildman–Crippen LogP) is 3.35. The highest BCUT2D eigenvalue weighted by atomic mass is 16.5. The van der Waals surface area contributed by atoms with Gasteiger partial charge in [0.2, 0.25) is 5.75 Å². The van der Waals surface area contributed by atoms with E-state index in [0.29, 0.717) is 39.9 Å². The minimum atomic E-state index is -1.10. The number of carboxylic acids is 1. The molecular weight excluding hydrogens is 352 g/mol. The van der Waals surface area contributed by atoms with E-state index in [0.717, 1.165) is 0 Å². The Morgan fingerprint density at radius 1 is 0.778 bits per heavy atom. The van der Waals surface area contributed by atoms with Crippen LogP contribution in [0, 0.1) is 0 Å². The van der Waals surface area contributed by atoms with E-state index >= 15 is 0 Å². The van der Waals surface area contributed by atoms with Crippen LogP contribution in [0.15, 0.2) is 30.3 Å². The maximum atomic E-state index is 11.9. The van der Waals surface area contributed by atoms with Crippen LogP contribution in [0.25, 0.3) is 11.6 Å². The van der Waals surface area contributed by atoms with E-state index in [1.165, 1.54) is 41.6 Å². The third-order valence-corrected chi connectivity index (χ3v) is 3.89. The van der Waals surface area contributed by atoms with Gasteiger partial charge in [-0.05, 0) is 41.5 Å². The smallest absolute Gasteiger partial charge is 0.336 e. The lowest BCUT2D eigenvalue weighted by Crippen LogP contribution is -2.01. The second-order valence-corrected chi connectivity index (χ2v) is 5.42. The van der Waals surface area contributed by atoms with Crippen molar-refractivity contribution in [1.82, 2.24) is 0 Å². The number of carbonyl (C=O) groups is 1. The van der Waals surface area contributed by atoms with Gasteiger partial charge in [-0.25, -0.2) is 4.79 Å². The highest BCUT2D eigenvalue weighted by molar-refractivity contribution is 6.20.